The van der Waals surface area contributed by atoms with Crippen molar-refractivity contribution in [3.63, 3.8) is 0 Å². The van der Waals surface area contributed by atoms with Crippen LogP contribution < -0.4 is 16.6 Å². The number of H-pyrrole nitrogens is 1. The number of benzene rings is 1. The fourth-order valence-electron chi connectivity index (χ4n) is 3.12. The molecule has 0 bridgehead atoms. The number of aromatic amines is 1. The van der Waals surface area contributed by atoms with Crippen LogP contribution in [0.1, 0.15) is 37.9 Å². The zero-order valence-corrected chi connectivity index (χ0v) is 13.7. The summed E-state index contributed by atoms with van der Waals surface area (Å²) in [5.74, 6) is -3.13. The first-order valence-corrected chi connectivity index (χ1v) is 7.76. The summed E-state index contributed by atoms with van der Waals surface area (Å²) >= 11 is 0. The monoisotopic (exact) mass is 335 g/mol. The number of aromatic nitrogens is 2. The van der Waals surface area contributed by atoms with Crippen LogP contribution in [0, 0.1) is 0 Å². The number of alkyl halides is 2. The molecule has 0 spiro atoms. The van der Waals surface area contributed by atoms with Crippen molar-refractivity contribution in [1.82, 2.24) is 9.55 Å². The molecule has 3 rings (SSSR count). The molecule has 0 unspecified atom stereocenters. The Morgan fingerprint density at radius 3 is 2.38 bits per heavy atom. The first-order valence-electron chi connectivity index (χ1n) is 7.76. The minimum Gasteiger partial charge on any atom is -0.356 e. The number of anilines is 1. The quantitative estimate of drug-likeness (QED) is 0.887. The van der Waals surface area contributed by atoms with Crippen molar-refractivity contribution in [1.29, 1.82) is 0 Å². The third kappa shape index (κ3) is 2.26. The zero-order chi connectivity index (χ0) is 17.7. The van der Waals surface area contributed by atoms with Crippen LogP contribution in [0.15, 0.2) is 39.9 Å². The van der Waals surface area contributed by atoms with Gasteiger partial charge in [-0.25, -0.2) is 13.6 Å². The molecule has 128 valence electrons. The van der Waals surface area contributed by atoms with E-state index in [2.05, 4.69) is 10.3 Å². The third-order valence-corrected chi connectivity index (χ3v) is 4.60. The standard InChI is InChI=1S/C17H19F2N3O2/c1-10(2)22-14(23)12-9-17(18,19)16(3,11-7-5-4-6-8-11)21-13(12)20-15(22)24/h4-8,10,21H,9H2,1-3H3,(H,20,24)/t16-/m0/s1. The topological polar surface area (TPSA) is 66.9 Å². The molecule has 2 N–H and O–H groups in total. The van der Waals surface area contributed by atoms with Crippen molar-refractivity contribution in [3.8, 4) is 0 Å². The van der Waals surface area contributed by atoms with Crippen LogP contribution in [0.5, 0.6) is 0 Å². The van der Waals surface area contributed by atoms with E-state index in [-0.39, 0.29) is 11.4 Å². The molecule has 7 heteroatoms. The Kier molecular flexibility index (Phi) is 3.62. The molecule has 5 nitrogen and oxygen atoms in total. The molecule has 0 amide bonds. The number of hydrogen-bond acceptors (Lipinski definition) is 3. The van der Waals surface area contributed by atoms with Crippen LogP contribution in [0.2, 0.25) is 0 Å². The minimum absolute atomic E-state index is 0.0687. The summed E-state index contributed by atoms with van der Waals surface area (Å²) in [5.41, 5.74) is -2.72. The fourth-order valence-corrected chi connectivity index (χ4v) is 3.12. The Bertz CT molecular complexity index is 887. The summed E-state index contributed by atoms with van der Waals surface area (Å²) in [6, 6.07) is 7.87. The lowest BCUT2D eigenvalue weighted by Gasteiger charge is -2.43. The van der Waals surface area contributed by atoms with E-state index in [4.69, 9.17) is 0 Å². The Balaban J connectivity index is 2.21. The lowest BCUT2D eigenvalue weighted by molar-refractivity contribution is -0.0654. The average molecular weight is 335 g/mol. The van der Waals surface area contributed by atoms with Crippen molar-refractivity contribution in [3.05, 3.63) is 62.3 Å². The van der Waals surface area contributed by atoms with Crippen LogP contribution in [-0.4, -0.2) is 15.5 Å². The summed E-state index contributed by atoms with van der Waals surface area (Å²) in [6.45, 7) is 4.69. The van der Waals surface area contributed by atoms with Gasteiger partial charge in [-0.2, -0.15) is 0 Å². The van der Waals surface area contributed by atoms with E-state index in [1.165, 1.54) is 6.92 Å². The van der Waals surface area contributed by atoms with Gasteiger partial charge in [0.15, 0.2) is 0 Å². The second-order valence-electron chi connectivity index (χ2n) is 6.55. The maximum absolute atomic E-state index is 14.9. The van der Waals surface area contributed by atoms with Gasteiger partial charge in [-0.3, -0.25) is 14.3 Å². The van der Waals surface area contributed by atoms with Gasteiger partial charge in [-0.05, 0) is 26.3 Å². The molecule has 1 aromatic heterocycles. The van der Waals surface area contributed by atoms with Gasteiger partial charge in [-0.1, -0.05) is 30.3 Å². The van der Waals surface area contributed by atoms with E-state index >= 15 is 0 Å². The lowest BCUT2D eigenvalue weighted by atomic mass is 9.80. The Morgan fingerprint density at radius 2 is 1.79 bits per heavy atom. The molecule has 2 aromatic rings. The maximum Gasteiger partial charge on any atom is 0.330 e. The van der Waals surface area contributed by atoms with Crippen molar-refractivity contribution in [2.24, 2.45) is 0 Å². The summed E-state index contributed by atoms with van der Waals surface area (Å²) < 4.78 is 30.8. The van der Waals surface area contributed by atoms with Crippen LogP contribution in [-0.2, 0) is 12.0 Å². The first kappa shape index (κ1) is 16.4. The molecule has 1 aliphatic heterocycles. The smallest absolute Gasteiger partial charge is 0.330 e. The summed E-state index contributed by atoms with van der Waals surface area (Å²) in [6.07, 6.45) is -0.733. The summed E-state index contributed by atoms with van der Waals surface area (Å²) in [7, 11) is 0. The third-order valence-electron chi connectivity index (χ3n) is 4.60. The number of rotatable bonds is 2. The predicted molar refractivity (Wildman–Crippen MR) is 87.8 cm³/mol. The highest BCUT2D eigenvalue weighted by molar-refractivity contribution is 5.53. The van der Waals surface area contributed by atoms with E-state index in [0.717, 1.165) is 4.57 Å². The highest BCUT2D eigenvalue weighted by Crippen LogP contribution is 2.45. The number of nitrogens with zero attached hydrogens (tertiary/aromatic N) is 1. The molecule has 1 atom stereocenters. The van der Waals surface area contributed by atoms with Gasteiger partial charge >= 0.3 is 5.69 Å². The van der Waals surface area contributed by atoms with Gasteiger partial charge in [0.2, 0.25) is 0 Å². The van der Waals surface area contributed by atoms with Crippen molar-refractivity contribution in [2.75, 3.05) is 5.32 Å². The number of nitrogens with one attached hydrogen (secondary N) is 2. The van der Waals surface area contributed by atoms with Gasteiger partial charge in [0.05, 0.1) is 5.56 Å². The van der Waals surface area contributed by atoms with Gasteiger partial charge in [0.25, 0.3) is 11.5 Å². The second kappa shape index (κ2) is 5.29. The Labute approximate surface area is 137 Å². The van der Waals surface area contributed by atoms with Crippen LogP contribution >= 0.6 is 0 Å². The SMILES string of the molecule is CC(C)n1c(=O)[nH]c2c(c1=O)CC(F)(F)[C@](C)(c1ccccc1)N2. The van der Waals surface area contributed by atoms with Crippen molar-refractivity contribution >= 4 is 5.82 Å². The predicted octanol–water partition coefficient (Wildman–Crippen LogP) is 2.64. The highest BCUT2D eigenvalue weighted by atomic mass is 19.3. The number of hydrogen-bond donors (Lipinski definition) is 2. The van der Waals surface area contributed by atoms with Gasteiger partial charge in [-0.15, -0.1) is 0 Å². The van der Waals surface area contributed by atoms with Crippen molar-refractivity contribution in [2.45, 2.75) is 44.7 Å². The Hall–Kier alpha value is -2.44. The molecule has 0 saturated heterocycles. The van der Waals surface area contributed by atoms with Gasteiger partial charge < -0.3 is 5.32 Å². The molecule has 2 heterocycles. The number of fused-ring (bicyclic) bond motifs is 1. The molecule has 0 fully saturated rings. The van der Waals surface area contributed by atoms with E-state index < -0.39 is 35.2 Å². The Morgan fingerprint density at radius 1 is 1.17 bits per heavy atom. The first-order chi connectivity index (χ1) is 11.2. The van der Waals surface area contributed by atoms with Crippen molar-refractivity contribution < 1.29 is 8.78 Å². The van der Waals surface area contributed by atoms with Crippen LogP contribution in [0.25, 0.3) is 0 Å². The largest absolute Gasteiger partial charge is 0.356 e. The highest BCUT2D eigenvalue weighted by Gasteiger charge is 2.55. The molecule has 24 heavy (non-hydrogen) atoms. The van der Waals surface area contributed by atoms with Crippen LogP contribution in [0.4, 0.5) is 14.6 Å². The van der Waals surface area contributed by atoms with Gasteiger partial charge in [0, 0.05) is 12.5 Å². The fraction of sp³-hybridized carbons (Fsp3) is 0.412. The minimum atomic E-state index is -3.20. The summed E-state index contributed by atoms with van der Waals surface area (Å²) in [4.78, 5) is 27.2. The molecule has 0 saturated carbocycles. The van der Waals surface area contributed by atoms with Crippen LogP contribution in [0.3, 0.4) is 0 Å². The van der Waals surface area contributed by atoms with E-state index in [1.807, 2.05) is 0 Å². The molecule has 0 aliphatic carbocycles. The molecule has 1 aliphatic rings. The second-order valence-corrected chi connectivity index (χ2v) is 6.55. The zero-order valence-electron chi connectivity index (χ0n) is 13.7. The lowest BCUT2D eigenvalue weighted by Crippen LogP contribution is -2.56. The average Bonchev–Trinajstić information content (AvgIpc) is 2.50. The van der Waals surface area contributed by atoms with Gasteiger partial charge in [0.1, 0.15) is 11.4 Å². The molecule has 0 radical (unpaired) electrons. The number of halogens is 2. The molecule has 1 aromatic carbocycles. The summed E-state index contributed by atoms with van der Waals surface area (Å²) in [5, 5.41) is 2.71. The molecular weight excluding hydrogens is 316 g/mol. The van der Waals surface area contributed by atoms with E-state index in [1.54, 1.807) is 44.2 Å². The van der Waals surface area contributed by atoms with E-state index in [0.29, 0.717) is 5.56 Å². The van der Waals surface area contributed by atoms with E-state index in [9.17, 15) is 18.4 Å². The molecular formula is C17H19F2N3O2. The maximum atomic E-state index is 14.9. The normalized spacial score (nSPS) is 22.1.